The largest absolute Gasteiger partial charge is 0.356 e. The van der Waals surface area contributed by atoms with Gasteiger partial charge in [-0.05, 0) is 38.0 Å². The van der Waals surface area contributed by atoms with Crippen molar-refractivity contribution in [2.24, 2.45) is 16.8 Å². The van der Waals surface area contributed by atoms with Gasteiger partial charge in [-0.25, -0.2) is 12.7 Å². The van der Waals surface area contributed by atoms with E-state index in [1.165, 1.54) is 30.0 Å². The van der Waals surface area contributed by atoms with Crippen LogP contribution in [0.2, 0.25) is 0 Å². The Bertz CT molecular complexity index is 498. The minimum atomic E-state index is -3.07. The van der Waals surface area contributed by atoms with Crippen LogP contribution in [0.5, 0.6) is 0 Å². The molecule has 6 nitrogen and oxygen atoms in total. The van der Waals surface area contributed by atoms with E-state index in [2.05, 4.69) is 15.2 Å². The van der Waals surface area contributed by atoms with Gasteiger partial charge in [-0.3, -0.25) is 4.99 Å². The monoisotopic (exact) mass is 472 g/mol. The first-order chi connectivity index (χ1) is 11.0. The molecule has 0 radical (unpaired) electrons. The van der Waals surface area contributed by atoms with Gasteiger partial charge in [0.25, 0.3) is 0 Å². The molecule has 0 aromatic rings. The van der Waals surface area contributed by atoms with E-state index in [1.807, 2.05) is 7.05 Å². The molecule has 0 aromatic heterocycles. The summed E-state index contributed by atoms with van der Waals surface area (Å²) in [6.45, 7) is 5.22. The molecule has 2 aliphatic rings. The number of hydrogen-bond acceptors (Lipinski definition) is 3. The van der Waals surface area contributed by atoms with Crippen LogP contribution in [0.1, 0.15) is 39.0 Å². The summed E-state index contributed by atoms with van der Waals surface area (Å²) in [5.41, 5.74) is 0. The molecule has 8 heteroatoms. The van der Waals surface area contributed by atoms with Crippen molar-refractivity contribution in [3.63, 3.8) is 0 Å². The summed E-state index contributed by atoms with van der Waals surface area (Å²) < 4.78 is 24.9. The number of aliphatic imine (C=N–C) groups is 1. The van der Waals surface area contributed by atoms with Crippen LogP contribution in [0.3, 0.4) is 0 Å². The molecule has 1 heterocycles. The number of rotatable bonds is 6. The lowest BCUT2D eigenvalue weighted by Crippen LogP contribution is -2.41. The quantitative estimate of drug-likeness (QED) is 0.278. The molecule has 0 bridgehead atoms. The lowest BCUT2D eigenvalue weighted by molar-refractivity contribution is 0.299. The molecule has 1 aliphatic carbocycles. The van der Waals surface area contributed by atoms with Crippen molar-refractivity contribution < 1.29 is 8.42 Å². The summed E-state index contributed by atoms with van der Waals surface area (Å²) in [6.07, 6.45) is 6.25. The summed E-state index contributed by atoms with van der Waals surface area (Å²) in [5.74, 6) is 2.81. The van der Waals surface area contributed by atoms with Crippen molar-refractivity contribution >= 4 is 40.0 Å². The fraction of sp³-hybridized carbons (Fsp3) is 0.938. The van der Waals surface area contributed by atoms with Gasteiger partial charge in [0.15, 0.2) is 5.96 Å². The lowest BCUT2D eigenvalue weighted by atomic mass is 9.82. The fourth-order valence-electron chi connectivity index (χ4n) is 3.77. The highest BCUT2D eigenvalue weighted by atomic mass is 127. The number of likely N-dealkylation sites (tertiary alicyclic amines) is 1. The first-order valence-electron chi connectivity index (χ1n) is 8.87. The van der Waals surface area contributed by atoms with Gasteiger partial charge in [0.05, 0.1) is 5.75 Å². The van der Waals surface area contributed by atoms with E-state index in [0.29, 0.717) is 6.54 Å². The Hall–Kier alpha value is -0.0900. The Morgan fingerprint density at radius 3 is 2.33 bits per heavy atom. The van der Waals surface area contributed by atoms with Gasteiger partial charge in [-0.2, -0.15) is 0 Å². The zero-order chi connectivity index (χ0) is 16.9. The van der Waals surface area contributed by atoms with Crippen molar-refractivity contribution in [1.29, 1.82) is 0 Å². The Labute approximate surface area is 164 Å². The molecular formula is C16H33IN4O2S. The van der Waals surface area contributed by atoms with E-state index in [0.717, 1.165) is 43.9 Å². The molecule has 1 saturated carbocycles. The standard InChI is InChI=1S/C16H32N4O2S.HI/c1-4-23(21,22)19(3)11-7-10-18-16(17-2)20-12-14-8-5-6-9-15(14)13-20;/h14-15H,4-13H2,1-3H3,(H,17,18);1H. The Morgan fingerprint density at radius 2 is 1.83 bits per heavy atom. The van der Waals surface area contributed by atoms with E-state index < -0.39 is 10.0 Å². The molecule has 0 spiro atoms. The van der Waals surface area contributed by atoms with E-state index in [4.69, 9.17) is 0 Å². The van der Waals surface area contributed by atoms with Gasteiger partial charge in [0.1, 0.15) is 0 Å². The predicted octanol–water partition coefficient (Wildman–Crippen LogP) is 1.97. The first-order valence-corrected chi connectivity index (χ1v) is 10.5. The number of halogens is 1. The number of fused-ring (bicyclic) bond motifs is 1. The van der Waals surface area contributed by atoms with Gasteiger partial charge in [0.2, 0.25) is 10.0 Å². The third kappa shape index (κ3) is 5.72. The summed E-state index contributed by atoms with van der Waals surface area (Å²) >= 11 is 0. The van der Waals surface area contributed by atoms with E-state index >= 15 is 0 Å². The van der Waals surface area contributed by atoms with Gasteiger partial charge in [0, 0.05) is 40.3 Å². The van der Waals surface area contributed by atoms with Crippen molar-refractivity contribution in [2.45, 2.75) is 39.0 Å². The third-order valence-corrected chi connectivity index (χ3v) is 7.12. The van der Waals surface area contributed by atoms with Crippen LogP contribution in [0.4, 0.5) is 0 Å². The Balaban J connectivity index is 0.00000288. The van der Waals surface area contributed by atoms with Crippen LogP contribution in [-0.4, -0.2) is 69.6 Å². The molecule has 1 N–H and O–H groups in total. The highest BCUT2D eigenvalue weighted by Crippen LogP contribution is 2.35. The SMILES string of the molecule is CCS(=O)(=O)N(C)CCCNC(=NC)N1CC2CCCCC2C1.I. The number of nitrogens with zero attached hydrogens (tertiary/aromatic N) is 3. The second kappa shape index (κ2) is 10.2. The highest BCUT2D eigenvalue weighted by molar-refractivity contribution is 14.0. The molecule has 2 unspecified atom stereocenters. The topological polar surface area (TPSA) is 65.0 Å². The predicted molar refractivity (Wildman–Crippen MR) is 111 cm³/mol. The van der Waals surface area contributed by atoms with Crippen LogP contribution < -0.4 is 5.32 Å². The average molecular weight is 472 g/mol. The lowest BCUT2D eigenvalue weighted by Gasteiger charge is -2.22. The number of sulfonamides is 1. The molecule has 0 aromatic carbocycles. The maximum atomic E-state index is 11.7. The van der Waals surface area contributed by atoms with Crippen LogP contribution in [0.25, 0.3) is 0 Å². The fourth-order valence-corrected chi connectivity index (χ4v) is 4.62. The van der Waals surface area contributed by atoms with E-state index in [-0.39, 0.29) is 29.7 Å². The minimum absolute atomic E-state index is 0. The maximum absolute atomic E-state index is 11.7. The summed E-state index contributed by atoms with van der Waals surface area (Å²) in [7, 11) is 0.413. The van der Waals surface area contributed by atoms with Gasteiger partial charge >= 0.3 is 0 Å². The van der Waals surface area contributed by atoms with E-state index in [9.17, 15) is 8.42 Å². The number of guanidine groups is 1. The molecule has 1 aliphatic heterocycles. The average Bonchev–Trinajstić information content (AvgIpc) is 2.98. The van der Waals surface area contributed by atoms with E-state index in [1.54, 1.807) is 14.0 Å². The Kier molecular flexibility index (Phi) is 9.29. The molecule has 24 heavy (non-hydrogen) atoms. The smallest absolute Gasteiger partial charge is 0.213 e. The molecule has 2 fully saturated rings. The molecular weight excluding hydrogens is 439 g/mol. The summed E-state index contributed by atoms with van der Waals surface area (Å²) in [6, 6.07) is 0. The zero-order valence-corrected chi connectivity index (χ0v) is 18.3. The van der Waals surface area contributed by atoms with Crippen LogP contribution in [0, 0.1) is 11.8 Å². The molecule has 142 valence electrons. The molecule has 2 rings (SSSR count). The van der Waals surface area contributed by atoms with Crippen molar-refractivity contribution in [1.82, 2.24) is 14.5 Å². The summed E-state index contributed by atoms with van der Waals surface area (Å²) in [5, 5.41) is 3.40. The third-order valence-electron chi connectivity index (χ3n) is 5.26. The number of nitrogens with one attached hydrogen (secondary N) is 1. The normalized spacial score (nSPS) is 24.7. The molecule has 2 atom stereocenters. The van der Waals surface area contributed by atoms with Crippen LogP contribution >= 0.6 is 24.0 Å². The summed E-state index contributed by atoms with van der Waals surface area (Å²) in [4.78, 5) is 6.79. The van der Waals surface area contributed by atoms with Crippen LogP contribution in [0.15, 0.2) is 4.99 Å². The second-order valence-electron chi connectivity index (χ2n) is 6.76. The van der Waals surface area contributed by atoms with Gasteiger partial charge in [-0.15, -0.1) is 24.0 Å². The number of hydrogen-bond donors (Lipinski definition) is 1. The van der Waals surface area contributed by atoms with Gasteiger partial charge < -0.3 is 10.2 Å². The Morgan fingerprint density at radius 1 is 1.25 bits per heavy atom. The first kappa shape index (κ1) is 22.0. The highest BCUT2D eigenvalue weighted by Gasteiger charge is 2.35. The molecule has 1 saturated heterocycles. The maximum Gasteiger partial charge on any atom is 0.213 e. The second-order valence-corrected chi connectivity index (χ2v) is 9.12. The van der Waals surface area contributed by atoms with Crippen molar-refractivity contribution in [3.05, 3.63) is 0 Å². The van der Waals surface area contributed by atoms with Crippen molar-refractivity contribution in [2.75, 3.05) is 46.0 Å². The zero-order valence-electron chi connectivity index (χ0n) is 15.2. The van der Waals surface area contributed by atoms with Gasteiger partial charge in [-0.1, -0.05) is 12.8 Å². The van der Waals surface area contributed by atoms with Crippen LogP contribution in [-0.2, 0) is 10.0 Å². The molecule has 0 amide bonds. The van der Waals surface area contributed by atoms with Crippen molar-refractivity contribution in [3.8, 4) is 0 Å². The minimum Gasteiger partial charge on any atom is -0.356 e.